The van der Waals surface area contributed by atoms with Crippen molar-refractivity contribution in [1.82, 2.24) is 5.32 Å². The second kappa shape index (κ2) is 4.92. The van der Waals surface area contributed by atoms with Crippen LogP contribution in [0.1, 0.15) is 33.6 Å². The molecule has 2 unspecified atom stereocenters. The second-order valence-corrected chi connectivity index (χ2v) is 5.06. The molecule has 0 aromatic heterocycles. The molecule has 1 aliphatic heterocycles. The minimum Gasteiger partial charge on any atom is -0.460 e. The largest absolute Gasteiger partial charge is 0.460 e. The summed E-state index contributed by atoms with van der Waals surface area (Å²) in [6.45, 7) is 6.72. The van der Waals surface area contributed by atoms with Crippen molar-refractivity contribution in [3.05, 3.63) is 0 Å². The van der Waals surface area contributed by atoms with E-state index < -0.39 is 11.8 Å². The molecule has 1 rings (SSSR count). The second-order valence-electron chi connectivity index (χ2n) is 5.06. The normalized spacial score (nSPS) is 27.5. The molecule has 0 amide bonds. The summed E-state index contributed by atoms with van der Waals surface area (Å²) in [6, 6.07) is 0. The summed E-state index contributed by atoms with van der Waals surface area (Å²) in [5, 5.41) is 3.09. The molecule has 0 bridgehead atoms. The number of carbonyl (C=O) groups excluding carboxylic acids is 1. The van der Waals surface area contributed by atoms with Gasteiger partial charge in [0.05, 0.1) is 6.42 Å². The maximum absolute atomic E-state index is 13.4. The Morgan fingerprint density at radius 3 is 2.73 bits per heavy atom. The molecule has 1 N–H and O–H groups in total. The third kappa shape index (κ3) is 4.60. The van der Waals surface area contributed by atoms with Crippen LogP contribution in [0.2, 0.25) is 0 Å². The highest BCUT2D eigenvalue weighted by Gasteiger charge is 2.28. The molecule has 0 aromatic rings. The lowest BCUT2D eigenvalue weighted by atomic mass is 9.94. The minimum absolute atomic E-state index is 0.172. The van der Waals surface area contributed by atoms with Crippen LogP contribution in [-0.4, -0.2) is 30.8 Å². The fraction of sp³-hybridized carbons (Fsp3) is 0.909. The monoisotopic (exact) mass is 217 g/mol. The van der Waals surface area contributed by atoms with Gasteiger partial charge in [0, 0.05) is 12.5 Å². The molecule has 0 aromatic carbocycles. The van der Waals surface area contributed by atoms with E-state index in [1.165, 1.54) is 0 Å². The lowest BCUT2D eigenvalue weighted by Crippen LogP contribution is -2.39. The topological polar surface area (TPSA) is 38.3 Å². The van der Waals surface area contributed by atoms with E-state index in [4.69, 9.17) is 4.74 Å². The Morgan fingerprint density at radius 1 is 1.53 bits per heavy atom. The number of alkyl halides is 1. The number of carbonyl (C=O) groups is 1. The van der Waals surface area contributed by atoms with Crippen molar-refractivity contribution >= 4 is 5.97 Å². The highest BCUT2D eigenvalue weighted by atomic mass is 19.1. The number of esters is 1. The van der Waals surface area contributed by atoms with E-state index in [9.17, 15) is 9.18 Å². The van der Waals surface area contributed by atoms with Crippen LogP contribution in [0.4, 0.5) is 4.39 Å². The Morgan fingerprint density at radius 2 is 2.20 bits per heavy atom. The van der Waals surface area contributed by atoms with Crippen LogP contribution in [0.25, 0.3) is 0 Å². The van der Waals surface area contributed by atoms with Crippen LogP contribution in [0.3, 0.4) is 0 Å². The average molecular weight is 217 g/mol. The highest BCUT2D eigenvalue weighted by molar-refractivity contribution is 5.70. The fourth-order valence-electron chi connectivity index (χ4n) is 1.69. The molecule has 1 fully saturated rings. The maximum Gasteiger partial charge on any atom is 0.306 e. The standard InChI is InChI=1S/C11H20FNO2/c1-11(2,3)15-10(14)6-8-7-13-5-4-9(8)12/h8-9,13H,4-7H2,1-3H3. The molecular weight excluding hydrogens is 197 g/mol. The molecular formula is C11H20FNO2. The molecule has 0 saturated carbocycles. The van der Waals surface area contributed by atoms with Crippen molar-refractivity contribution < 1.29 is 13.9 Å². The predicted molar refractivity (Wildman–Crippen MR) is 56.3 cm³/mol. The van der Waals surface area contributed by atoms with Gasteiger partial charge in [-0.2, -0.15) is 0 Å². The van der Waals surface area contributed by atoms with Crippen LogP contribution in [-0.2, 0) is 9.53 Å². The fourth-order valence-corrected chi connectivity index (χ4v) is 1.69. The summed E-state index contributed by atoms with van der Waals surface area (Å²) >= 11 is 0. The summed E-state index contributed by atoms with van der Waals surface area (Å²) in [5.41, 5.74) is -0.481. The molecule has 1 aliphatic rings. The van der Waals surface area contributed by atoms with Crippen LogP contribution in [0, 0.1) is 5.92 Å². The maximum atomic E-state index is 13.4. The van der Waals surface area contributed by atoms with Gasteiger partial charge in [0.2, 0.25) is 0 Å². The van der Waals surface area contributed by atoms with Crippen LogP contribution < -0.4 is 5.32 Å². The SMILES string of the molecule is CC(C)(C)OC(=O)CC1CNCCC1F. The zero-order valence-electron chi connectivity index (χ0n) is 9.68. The first kappa shape index (κ1) is 12.4. The van der Waals surface area contributed by atoms with Crippen molar-refractivity contribution in [3.8, 4) is 0 Å². The highest BCUT2D eigenvalue weighted by Crippen LogP contribution is 2.20. The summed E-state index contributed by atoms with van der Waals surface area (Å²) in [5.74, 6) is -0.535. The average Bonchev–Trinajstić information content (AvgIpc) is 2.05. The number of halogens is 1. The number of ether oxygens (including phenoxy) is 1. The lowest BCUT2D eigenvalue weighted by molar-refractivity contribution is -0.156. The molecule has 0 spiro atoms. The molecule has 3 nitrogen and oxygen atoms in total. The number of hydrogen-bond acceptors (Lipinski definition) is 3. The van der Waals surface area contributed by atoms with Crippen molar-refractivity contribution in [2.45, 2.75) is 45.4 Å². The van der Waals surface area contributed by atoms with Crippen molar-refractivity contribution in [2.75, 3.05) is 13.1 Å². The Balaban J connectivity index is 2.36. The Kier molecular flexibility index (Phi) is 4.08. The van der Waals surface area contributed by atoms with Gasteiger partial charge in [-0.3, -0.25) is 4.79 Å². The van der Waals surface area contributed by atoms with Gasteiger partial charge in [0.25, 0.3) is 0 Å². The number of hydrogen-bond donors (Lipinski definition) is 1. The van der Waals surface area contributed by atoms with E-state index in [1.54, 1.807) is 0 Å². The molecule has 0 aliphatic carbocycles. The third-order valence-electron chi connectivity index (χ3n) is 2.36. The van der Waals surface area contributed by atoms with Gasteiger partial charge in [-0.15, -0.1) is 0 Å². The van der Waals surface area contributed by atoms with Gasteiger partial charge in [0.15, 0.2) is 0 Å². The molecule has 2 atom stereocenters. The van der Waals surface area contributed by atoms with Crippen LogP contribution in [0.5, 0.6) is 0 Å². The van der Waals surface area contributed by atoms with E-state index in [0.717, 1.165) is 0 Å². The molecule has 15 heavy (non-hydrogen) atoms. The smallest absolute Gasteiger partial charge is 0.306 e. The van der Waals surface area contributed by atoms with Gasteiger partial charge >= 0.3 is 5.97 Å². The van der Waals surface area contributed by atoms with E-state index in [0.29, 0.717) is 19.5 Å². The zero-order valence-corrected chi connectivity index (χ0v) is 9.68. The predicted octanol–water partition coefficient (Wildman–Crippen LogP) is 1.67. The van der Waals surface area contributed by atoms with E-state index in [1.807, 2.05) is 20.8 Å². The molecule has 4 heteroatoms. The van der Waals surface area contributed by atoms with Crippen molar-refractivity contribution in [2.24, 2.45) is 5.92 Å². The third-order valence-corrected chi connectivity index (χ3v) is 2.36. The summed E-state index contributed by atoms with van der Waals surface area (Å²) in [6.07, 6.45) is -0.211. The van der Waals surface area contributed by atoms with Crippen molar-refractivity contribution in [3.63, 3.8) is 0 Å². The summed E-state index contributed by atoms with van der Waals surface area (Å²) in [7, 11) is 0. The first-order valence-corrected chi connectivity index (χ1v) is 5.45. The lowest BCUT2D eigenvalue weighted by Gasteiger charge is -2.27. The Hall–Kier alpha value is -0.640. The van der Waals surface area contributed by atoms with Crippen LogP contribution >= 0.6 is 0 Å². The van der Waals surface area contributed by atoms with Crippen molar-refractivity contribution in [1.29, 1.82) is 0 Å². The number of rotatable bonds is 2. The minimum atomic E-state index is -0.876. The Labute approximate surface area is 90.4 Å². The first-order chi connectivity index (χ1) is 6.88. The van der Waals surface area contributed by atoms with Gasteiger partial charge in [-0.25, -0.2) is 4.39 Å². The number of piperidine rings is 1. The van der Waals surface area contributed by atoms with E-state index in [2.05, 4.69) is 5.32 Å². The van der Waals surface area contributed by atoms with Gasteiger partial charge in [-0.1, -0.05) is 0 Å². The quantitative estimate of drug-likeness (QED) is 0.715. The van der Waals surface area contributed by atoms with Gasteiger partial charge < -0.3 is 10.1 Å². The van der Waals surface area contributed by atoms with Gasteiger partial charge in [-0.05, 0) is 33.7 Å². The summed E-state index contributed by atoms with van der Waals surface area (Å²) in [4.78, 5) is 11.5. The molecule has 1 saturated heterocycles. The summed E-state index contributed by atoms with van der Waals surface area (Å²) < 4.78 is 18.5. The van der Waals surface area contributed by atoms with Gasteiger partial charge in [0.1, 0.15) is 11.8 Å². The van der Waals surface area contributed by atoms with Crippen LogP contribution in [0.15, 0.2) is 0 Å². The molecule has 88 valence electrons. The Bertz CT molecular complexity index is 225. The van der Waals surface area contributed by atoms with E-state index >= 15 is 0 Å². The first-order valence-electron chi connectivity index (χ1n) is 5.45. The molecule has 0 radical (unpaired) electrons. The van der Waals surface area contributed by atoms with E-state index in [-0.39, 0.29) is 18.3 Å². The molecule has 1 heterocycles. The zero-order chi connectivity index (χ0) is 11.5. The number of nitrogens with one attached hydrogen (secondary N) is 1.